The number of amides is 1. The lowest BCUT2D eigenvalue weighted by atomic mass is 10.0. The maximum absolute atomic E-state index is 12.9. The summed E-state index contributed by atoms with van der Waals surface area (Å²) < 4.78 is 2.33. The molecule has 1 amide bonds. The predicted molar refractivity (Wildman–Crippen MR) is 127 cm³/mol. The van der Waals surface area contributed by atoms with E-state index in [2.05, 4.69) is 62.1 Å². The highest BCUT2D eigenvalue weighted by molar-refractivity contribution is 7.99. The summed E-state index contributed by atoms with van der Waals surface area (Å²) in [6.45, 7) is 4.37. The Kier molecular flexibility index (Phi) is 5.39. The van der Waals surface area contributed by atoms with E-state index < -0.39 is 0 Å². The Hall–Kier alpha value is -2.38. The van der Waals surface area contributed by atoms with Crippen LogP contribution in [0.4, 0.5) is 0 Å². The summed E-state index contributed by atoms with van der Waals surface area (Å²) in [5.74, 6) is 2.43. The molecule has 3 aliphatic rings. The van der Waals surface area contributed by atoms with E-state index in [-0.39, 0.29) is 5.91 Å². The predicted octanol–water partition coefficient (Wildman–Crippen LogP) is 4.08. The average Bonchev–Trinajstić information content (AvgIpc) is 3.77. The van der Waals surface area contributed by atoms with Crippen LogP contribution < -0.4 is 0 Å². The Bertz CT molecular complexity index is 1120. The SMILES string of the molecule is O=C(CSc1nnc(C2CC2)n1C1CC1)N1CCN(Cc2cccc3ccccc23)CC1. The number of nitrogens with zero attached hydrogens (tertiary/aromatic N) is 5. The third-order valence-electron chi connectivity index (χ3n) is 6.87. The van der Waals surface area contributed by atoms with Crippen molar-refractivity contribution in [2.24, 2.45) is 0 Å². The summed E-state index contributed by atoms with van der Waals surface area (Å²) in [5.41, 5.74) is 1.37. The standard InChI is InChI=1S/C25H29N5OS/c31-23(17-32-25-27-26-24(19-8-9-19)30(25)21-10-11-21)29-14-12-28(13-15-29)16-20-6-3-5-18-4-1-2-7-22(18)20/h1-7,19,21H,8-17H2. The first-order valence-corrected chi connectivity index (χ1v) is 12.8. The summed E-state index contributed by atoms with van der Waals surface area (Å²) in [4.78, 5) is 17.4. The van der Waals surface area contributed by atoms with Gasteiger partial charge in [0, 0.05) is 44.7 Å². The van der Waals surface area contributed by atoms with E-state index in [9.17, 15) is 4.79 Å². The summed E-state index contributed by atoms with van der Waals surface area (Å²) in [7, 11) is 0. The highest BCUT2D eigenvalue weighted by Gasteiger charge is 2.36. The van der Waals surface area contributed by atoms with E-state index in [1.807, 2.05) is 4.90 Å². The van der Waals surface area contributed by atoms with E-state index in [1.165, 1.54) is 42.0 Å². The zero-order valence-corrected chi connectivity index (χ0v) is 19.1. The molecule has 0 radical (unpaired) electrons. The Morgan fingerprint density at radius 3 is 2.50 bits per heavy atom. The Morgan fingerprint density at radius 1 is 0.938 bits per heavy atom. The largest absolute Gasteiger partial charge is 0.339 e. The first-order chi connectivity index (χ1) is 15.8. The van der Waals surface area contributed by atoms with Gasteiger partial charge in [0.1, 0.15) is 5.82 Å². The number of hydrogen-bond donors (Lipinski definition) is 0. The zero-order chi connectivity index (χ0) is 21.5. The van der Waals surface area contributed by atoms with Crippen LogP contribution in [0.5, 0.6) is 0 Å². The molecule has 0 spiro atoms. The van der Waals surface area contributed by atoms with Gasteiger partial charge in [0.2, 0.25) is 5.91 Å². The fraction of sp³-hybridized carbons (Fsp3) is 0.480. The lowest BCUT2D eigenvalue weighted by molar-refractivity contribution is -0.130. The van der Waals surface area contributed by atoms with Gasteiger partial charge in [0.25, 0.3) is 0 Å². The smallest absolute Gasteiger partial charge is 0.233 e. The molecule has 2 saturated carbocycles. The molecule has 166 valence electrons. The molecule has 0 atom stereocenters. The fourth-order valence-corrected chi connectivity index (χ4v) is 5.64. The Balaban J connectivity index is 1.04. The lowest BCUT2D eigenvalue weighted by Crippen LogP contribution is -2.48. The van der Waals surface area contributed by atoms with Gasteiger partial charge in [0.05, 0.1) is 5.75 Å². The molecule has 2 heterocycles. The molecule has 3 fully saturated rings. The number of carbonyl (C=O) groups excluding carboxylic acids is 1. The van der Waals surface area contributed by atoms with Gasteiger partial charge in [-0.1, -0.05) is 54.2 Å². The molecule has 0 unspecified atom stereocenters. The van der Waals surface area contributed by atoms with Gasteiger partial charge in [-0.25, -0.2) is 0 Å². The first-order valence-electron chi connectivity index (χ1n) is 11.8. The van der Waals surface area contributed by atoms with Crippen molar-refractivity contribution >= 4 is 28.4 Å². The van der Waals surface area contributed by atoms with Crippen molar-refractivity contribution in [3.8, 4) is 0 Å². The zero-order valence-electron chi connectivity index (χ0n) is 18.3. The van der Waals surface area contributed by atoms with Gasteiger partial charge in [-0.2, -0.15) is 0 Å². The fourth-order valence-electron chi connectivity index (χ4n) is 4.73. The van der Waals surface area contributed by atoms with Crippen LogP contribution in [0.25, 0.3) is 10.8 Å². The van der Waals surface area contributed by atoms with Crippen molar-refractivity contribution in [2.75, 3.05) is 31.9 Å². The third-order valence-corrected chi connectivity index (χ3v) is 7.80. The van der Waals surface area contributed by atoms with Crippen LogP contribution in [0.2, 0.25) is 0 Å². The molecule has 1 aliphatic heterocycles. The van der Waals surface area contributed by atoms with Gasteiger partial charge in [-0.3, -0.25) is 9.69 Å². The molecular formula is C25H29N5OS. The van der Waals surface area contributed by atoms with Crippen LogP contribution in [-0.2, 0) is 11.3 Å². The molecule has 2 aliphatic carbocycles. The van der Waals surface area contributed by atoms with Crippen LogP contribution >= 0.6 is 11.8 Å². The van der Waals surface area contributed by atoms with Crippen LogP contribution in [0, 0.1) is 0 Å². The number of hydrogen-bond acceptors (Lipinski definition) is 5. The number of piperazine rings is 1. The van der Waals surface area contributed by atoms with Crippen molar-refractivity contribution in [3.05, 3.63) is 53.9 Å². The maximum Gasteiger partial charge on any atom is 0.233 e. The summed E-state index contributed by atoms with van der Waals surface area (Å²) in [5, 5.41) is 12.5. The van der Waals surface area contributed by atoms with Crippen LogP contribution in [0.3, 0.4) is 0 Å². The minimum absolute atomic E-state index is 0.220. The minimum atomic E-state index is 0.220. The van der Waals surface area contributed by atoms with Gasteiger partial charge in [-0.15, -0.1) is 10.2 Å². The van der Waals surface area contributed by atoms with E-state index in [1.54, 1.807) is 11.8 Å². The van der Waals surface area contributed by atoms with Crippen LogP contribution in [0.15, 0.2) is 47.6 Å². The van der Waals surface area contributed by atoms with E-state index in [0.29, 0.717) is 17.7 Å². The number of thioether (sulfide) groups is 1. The molecule has 3 aromatic rings. The van der Waals surface area contributed by atoms with E-state index in [0.717, 1.165) is 43.7 Å². The van der Waals surface area contributed by atoms with Crippen molar-refractivity contribution in [1.82, 2.24) is 24.6 Å². The van der Waals surface area contributed by atoms with Gasteiger partial charge in [0.15, 0.2) is 5.16 Å². The second-order valence-electron chi connectivity index (χ2n) is 9.30. The van der Waals surface area contributed by atoms with Crippen LogP contribution in [0.1, 0.15) is 49.0 Å². The first kappa shape index (κ1) is 20.2. The number of aromatic nitrogens is 3. The van der Waals surface area contributed by atoms with Crippen molar-refractivity contribution in [1.29, 1.82) is 0 Å². The lowest BCUT2D eigenvalue weighted by Gasteiger charge is -2.35. The molecule has 0 bridgehead atoms. The third kappa shape index (κ3) is 4.16. The molecule has 6 nitrogen and oxygen atoms in total. The van der Waals surface area contributed by atoms with Gasteiger partial charge in [-0.05, 0) is 42.0 Å². The number of rotatable bonds is 7. The molecule has 0 N–H and O–H groups in total. The molecule has 7 heteroatoms. The Morgan fingerprint density at radius 2 is 1.72 bits per heavy atom. The van der Waals surface area contributed by atoms with Crippen molar-refractivity contribution in [3.63, 3.8) is 0 Å². The normalized spacial score (nSPS) is 19.6. The monoisotopic (exact) mass is 447 g/mol. The highest BCUT2D eigenvalue weighted by atomic mass is 32.2. The maximum atomic E-state index is 12.9. The number of carbonyl (C=O) groups is 1. The average molecular weight is 448 g/mol. The second kappa shape index (κ2) is 8.52. The topological polar surface area (TPSA) is 54.3 Å². The number of benzene rings is 2. The van der Waals surface area contributed by atoms with E-state index in [4.69, 9.17) is 0 Å². The molecule has 1 saturated heterocycles. The summed E-state index contributed by atoms with van der Waals surface area (Å²) >= 11 is 1.57. The van der Waals surface area contributed by atoms with Crippen molar-refractivity contribution in [2.45, 2.75) is 49.3 Å². The Labute approximate surface area is 193 Å². The van der Waals surface area contributed by atoms with Gasteiger partial charge >= 0.3 is 0 Å². The summed E-state index contributed by atoms with van der Waals surface area (Å²) in [6.07, 6.45) is 4.91. The molecular weight excluding hydrogens is 418 g/mol. The minimum Gasteiger partial charge on any atom is -0.339 e. The molecule has 2 aromatic carbocycles. The molecule has 32 heavy (non-hydrogen) atoms. The highest BCUT2D eigenvalue weighted by Crippen LogP contribution is 2.46. The van der Waals surface area contributed by atoms with Gasteiger partial charge < -0.3 is 9.47 Å². The molecule has 6 rings (SSSR count). The second-order valence-corrected chi connectivity index (χ2v) is 10.2. The molecule has 1 aromatic heterocycles. The van der Waals surface area contributed by atoms with E-state index >= 15 is 0 Å². The quantitative estimate of drug-likeness (QED) is 0.511. The number of fused-ring (bicyclic) bond motifs is 1. The van der Waals surface area contributed by atoms with Crippen molar-refractivity contribution < 1.29 is 4.79 Å². The summed E-state index contributed by atoms with van der Waals surface area (Å²) in [6, 6.07) is 15.7. The van der Waals surface area contributed by atoms with Crippen LogP contribution in [-0.4, -0.2) is 62.4 Å².